The Hall–Kier alpha value is -3.98. The number of aryl methyl sites for hydroxylation is 1. The summed E-state index contributed by atoms with van der Waals surface area (Å²) in [6.45, 7) is 3.53. The van der Waals surface area contributed by atoms with E-state index < -0.39 is 52.1 Å². The van der Waals surface area contributed by atoms with Gasteiger partial charge in [-0.3, -0.25) is 24.3 Å². The van der Waals surface area contributed by atoms with E-state index in [9.17, 15) is 29.7 Å². The average Bonchev–Trinajstić information content (AvgIpc) is 2.86. The van der Waals surface area contributed by atoms with E-state index in [4.69, 9.17) is 5.73 Å². The fourth-order valence-electron chi connectivity index (χ4n) is 6.62. The maximum atomic E-state index is 14.2. The zero-order valence-corrected chi connectivity index (χ0v) is 21.8. The van der Waals surface area contributed by atoms with Crippen LogP contribution in [-0.4, -0.2) is 62.8 Å². The van der Waals surface area contributed by atoms with Crippen LogP contribution in [0, 0.1) is 17.3 Å². The number of aromatic hydroxyl groups is 1. The number of amides is 1. The van der Waals surface area contributed by atoms with Crippen LogP contribution in [0.15, 0.2) is 47.4 Å². The van der Waals surface area contributed by atoms with Gasteiger partial charge in [0, 0.05) is 23.3 Å². The number of hydrogen-bond donors (Lipinski definition) is 4. The van der Waals surface area contributed by atoms with Crippen molar-refractivity contribution in [3.8, 4) is 17.0 Å². The molecule has 3 aliphatic rings. The lowest BCUT2D eigenvalue weighted by molar-refractivity contribution is -0.139. The topological polar surface area (TPSA) is 154 Å². The highest BCUT2D eigenvalue weighted by Crippen LogP contribution is 2.57. The van der Waals surface area contributed by atoms with Gasteiger partial charge in [0.25, 0.3) is 5.91 Å². The third kappa shape index (κ3) is 3.41. The molecular weight excluding hydrogens is 486 g/mol. The number of fused-ring (bicyclic) bond motifs is 3. The molecule has 5 rings (SSSR count). The first-order valence-electron chi connectivity index (χ1n) is 12.7. The Morgan fingerprint density at radius 2 is 1.89 bits per heavy atom. The quantitative estimate of drug-likeness (QED) is 0.452. The van der Waals surface area contributed by atoms with Crippen LogP contribution in [-0.2, 0) is 27.2 Å². The van der Waals surface area contributed by atoms with Crippen LogP contribution >= 0.6 is 0 Å². The van der Waals surface area contributed by atoms with Crippen LogP contribution in [0.2, 0.25) is 0 Å². The molecule has 38 heavy (non-hydrogen) atoms. The molecule has 9 nitrogen and oxygen atoms in total. The van der Waals surface area contributed by atoms with Gasteiger partial charge in [-0.1, -0.05) is 6.92 Å². The Balaban J connectivity index is 1.73. The summed E-state index contributed by atoms with van der Waals surface area (Å²) in [5.74, 6) is -4.68. The summed E-state index contributed by atoms with van der Waals surface area (Å²) in [7, 11) is 3.35. The summed E-state index contributed by atoms with van der Waals surface area (Å²) in [6.07, 6.45) is 3.13. The van der Waals surface area contributed by atoms with E-state index in [0.717, 1.165) is 17.5 Å². The molecule has 1 saturated carbocycles. The predicted octanol–water partition coefficient (Wildman–Crippen LogP) is 2.86. The maximum Gasteiger partial charge on any atom is 0.255 e. The zero-order valence-electron chi connectivity index (χ0n) is 21.8. The number of carbonyl (C=O) groups is 3. The van der Waals surface area contributed by atoms with E-state index in [0.29, 0.717) is 17.7 Å². The summed E-state index contributed by atoms with van der Waals surface area (Å²) >= 11 is 0. The third-order valence-electron chi connectivity index (χ3n) is 8.57. The number of ketones is 2. The summed E-state index contributed by atoms with van der Waals surface area (Å²) < 4.78 is 0. The van der Waals surface area contributed by atoms with Gasteiger partial charge in [0.1, 0.15) is 22.8 Å². The highest BCUT2D eigenvalue weighted by Gasteiger charge is 2.62. The minimum atomic E-state index is -1.66. The Morgan fingerprint density at radius 1 is 1.18 bits per heavy atom. The Morgan fingerprint density at radius 3 is 2.53 bits per heavy atom. The van der Waals surface area contributed by atoms with Crippen LogP contribution in [0.3, 0.4) is 0 Å². The number of allylic oxidation sites excluding steroid dienone is 2. The van der Waals surface area contributed by atoms with Crippen molar-refractivity contribution in [2.45, 2.75) is 39.2 Å². The number of rotatable bonds is 4. The number of aliphatic hydroxyl groups excluding tert-OH is 2. The molecule has 1 amide bonds. The molecule has 1 aromatic heterocycles. The van der Waals surface area contributed by atoms with Gasteiger partial charge in [0.05, 0.1) is 22.7 Å². The first-order chi connectivity index (χ1) is 17.9. The summed E-state index contributed by atoms with van der Waals surface area (Å²) in [4.78, 5) is 45.8. The number of pyridine rings is 1. The molecule has 5 N–H and O–H groups in total. The van der Waals surface area contributed by atoms with Crippen molar-refractivity contribution in [2.24, 2.45) is 23.0 Å². The molecule has 1 fully saturated rings. The van der Waals surface area contributed by atoms with E-state index in [2.05, 4.69) is 4.98 Å². The number of phenolic OH excluding ortho intramolecular Hbond substituents is 1. The largest absolute Gasteiger partial charge is 0.510 e. The Kier molecular flexibility index (Phi) is 5.94. The molecule has 198 valence electrons. The smallest absolute Gasteiger partial charge is 0.255 e. The van der Waals surface area contributed by atoms with Crippen molar-refractivity contribution in [2.75, 3.05) is 14.1 Å². The van der Waals surface area contributed by atoms with Crippen molar-refractivity contribution in [1.29, 1.82) is 0 Å². The number of Topliss-reactive ketones (excluding diaryl/α,β-unsaturated/α-hetero) is 2. The summed E-state index contributed by atoms with van der Waals surface area (Å²) in [5.41, 5.74) is 6.62. The maximum absolute atomic E-state index is 14.2. The molecule has 4 atom stereocenters. The SMILES string of the molecule is CCc1ccnc(-c2ccc(O)c3c2C[C@H]2C[C@H]4[C@H](N(C)C)C(=O)C(C(N)=O)=C(O)[C@@]4(C)C(=O)C2=C3O)c1. The molecule has 9 heteroatoms. The number of phenols is 1. The second kappa shape index (κ2) is 8.80. The lowest BCUT2D eigenvalue weighted by atomic mass is 9.52. The van der Waals surface area contributed by atoms with E-state index in [1.807, 2.05) is 19.1 Å². The fraction of sp³-hybridized carbons (Fsp3) is 0.379. The number of aliphatic hydroxyl groups is 2. The molecule has 0 spiro atoms. The van der Waals surface area contributed by atoms with Crippen molar-refractivity contribution >= 4 is 23.2 Å². The molecule has 3 aliphatic carbocycles. The number of likely N-dealkylation sites (N-methyl/N-ethyl adjacent to an activating group) is 1. The highest BCUT2D eigenvalue weighted by atomic mass is 16.3. The van der Waals surface area contributed by atoms with Gasteiger partial charge in [0.2, 0.25) is 0 Å². The normalized spacial score (nSPS) is 26.8. The number of carbonyl (C=O) groups excluding carboxylic acids is 3. The Bertz CT molecular complexity index is 1470. The molecule has 0 radical (unpaired) electrons. The van der Waals surface area contributed by atoms with Crippen molar-refractivity contribution < 1.29 is 29.7 Å². The van der Waals surface area contributed by atoms with Crippen molar-refractivity contribution in [3.63, 3.8) is 0 Å². The molecule has 0 aliphatic heterocycles. The third-order valence-corrected chi connectivity index (χ3v) is 8.57. The Labute approximate surface area is 220 Å². The van der Waals surface area contributed by atoms with Gasteiger partial charge in [-0.2, -0.15) is 0 Å². The second-order valence-electron chi connectivity index (χ2n) is 10.8. The number of hydrogen-bond acceptors (Lipinski definition) is 8. The number of primary amides is 1. The number of nitrogens with zero attached hydrogens (tertiary/aromatic N) is 2. The first-order valence-corrected chi connectivity index (χ1v) is 12.7. The van der Waals surface area contributed by atoms with Crippen LogP contribution in [0.4, 0.5) is 0 Å². The van der Waals surface area contributed by atoms with Crippen LogP contribution in [0.1, 0.15) is 37.0 Å². The molecule has 0 unspecified atom stereocenters. The average molecular weight is 518 g/mol. The van der Waals surface area contributed by atoms with Crippen LogP contribution < -0.4 is 5.73 Å². The predicted molar refractivity (Wildman–Crippen MR) is 140 cm³/mol. The van der Waals surface area contributed by atoms with E-state index in [1.54, 1.807) is 31.3 Å². The zero-order chi connectivity index (χ0) is 27.7. The number of nitrogens with two attached hydrogens (primary N) is 1. The van der Waals surface area contributed by atoms with Crippen LogP contribution in [0.25, 0.3) is 17.0 Å². The van der Waals surface area contributed by atoms with Gasteiger partial charge in [-0.15, -0.1) is 0 Å². The molecule has 0 bridgehead atoms. The standard InChI is InChI=1S/C29H31N3O6/c1-5-13-8-9-31-18(10-13)15-6-7-19(33)21-16(15)11-14-12-17-23(32(3)4)25(35)22(28(30)38)27(37)29(17,2)26(36)20(14)24(21)34/h6-10,14,17,23,33-34,37H,5,11-12H2,1-4H3,(H2,30,38)/t14-,17-,23-,29+/m0/s1. The van der Waals surface area contributed by atoms with Gasteiger partial charge < -0.3 is 21.1 Å². The fourth-order valence-corrected chi connectivity index (χ4v) is 6.62. The van der Waals surface area contributed by atoms with Gasteiger partial charge in [-0.05, 0) is 81.6 Å². The van der Waals surface area contributed by atoms with E-state index >= 15 is 0 Å². The lowest BCUT2D eigenvalue weighted by Gasteiger charge is -2.51. The van der Waals surface area contributed by atoms with E-state index in [1.165, 1.54) is 13.0 Å². The minimum absolute atomic E-state index is 0.0705. The minimum Gasteiger partial charge on any atom is -0.510 e. The molecular formula is C29H31N3O6. The lowest BCUT2D eigenvalue weighted by Crippen LogP contribution is -2.60. The van der Waals surface area contributed by atoms with Gasteiger partial charge in [0.15, 0.2) is 11.6 Å². The highest BCUT2D eigenvalue weighted by molar-refractivity contribution is 6.24. The first kappa shape index (κ1) is 25.7. The van der Waals surface area contributed by atoms with Crippen molar-refractivity contribution in [1.82, 2.24) is 9.88 Å². The number of aromatic nitrogens is 1. The van der Waals surface area contributed by atoms with Gasteiger partial charge in [-0.25, -0.2) is 0 Å². The molecule has 1 aromatic carbocycles. The number of benzene rings is 1. The van der Waals surface area contributed by atoms with Gasteiger partial charge >= 0.3 is 0 Å². The molecule has 0 saturated heterocycles. The second-order valence-corrected chi connectivity index (χ2v) is 10.8. The van der Waals surface area contributed by atoms with Crippen molar-refractivity contribution in [3.05, 3.63) is 64.1 Å². The molecule has 2 aromatic rings. The monoisotopic (exact) mass is 517 g/mol. The van der Waals surface area contributed by atoms with E-state index in [-0.39, 0.29) is 29.1 Å². The summed E-state index contributed by atoms with van der Waals surface area (Å²) in [5, 5.41) is 33.4. The van der Waals surface area contributed by atoms with Crippen LogP contribution in [0.5, 0.6) is 5.75 Å². The summed E-state index contributed by atoms with van der Waals surface area (Å²) in [6, 6.07) is 6.23. The molecule has 1 heterocycles.